The molecule has 0 amide bonds. The Hall–Kier alpha value is 0.0331. The number of rotatable bonds is 0. The molecule has 0 N–H and O–H groups in total. The van der Waals surface area contributed by atoms with Gasteiger partial charge in [0.2, 0.25) is 0 Å². The van der Waals surface area contributed by atoms with Crippen LogP contribution in [0.1, 0.15) is 106 Å². The Kier molecular flexibility index (Phi) is 9.74. The monoisotopic (exact) mass is 482 g/mol. The molecule has 4 atom stereocenters. The summed E-state index contributed by atoms with van der Waals surface area (Å²) in [5.74, 6) is 3.21. The van der Waals surface area contributed by atoms with Gasteiger partial charge in [-0.3, -0.25) is 0 Å². The zero-order valence-corrected chi connectivity index (χ0v) is 21.4. The molecule has 150 valence electrons. The molecule has 0 nitrogen and oxygen atoms in total. The molecule has 0 radical (unpaired) electrons. The van der Waals surface area contributed by atoms with Crippen LogP contribution in [0.2, 0.25) is 0 Å². The van der Waals surface area contributed by atoms with Crippen molar-refractivity contribution in [2.24, 2.45) is 0 Å². The predicted octanol–water partition coefficient (Wildman–Crippen LogP) is 8.55. The average molecular weight is 485 g/mol. The maximum absolute atomic E-state index is 5.37. The van der Waals surface area contributed by atoms with Gasteiger partial charge in [0.1, 0.15) is 0 Å². The normalized spacial score (nSPS) is 25.7. The first-order chi connectivity index (χ1) is 12.8. The molecule has 0 heterocycles. The van der Waals surface area contributed by atoms with Crippen molar-refractivity contribution in [3.63, 3.8) is 0 Å². The van der Waals surface area contributed by atoms with Crippen LogP contribution in [-0.4, -0.2) is 3.71 Å². The number of hydrogen-bond donors (Lipinski definition) is 0. The molecule has 2 aromatic rings. The van der Waals surface area contributed by atoms with E-state index in [1.807, 2.05) is 10.6 Å². The van der Waals surface area contributed by atoms with Crippen molar-refractivity contribution in [2.75, 3.05) is 0 Å². The van der Waals surface area contributed by atoms with Gasteiger partial charge < -0.3 is 0 Å². The third kappa shape index (κ3) is 6.52. The fourth-order valence-electron chi connectivity index (χ4n) is 4.31. The van der Waals surface area contributed by atoms with Gasteiger partial charge in [-0.2, -0.15) is 46.5 Å². The molecule has 4 unspecified atom stereocenters. The van der Waals surface area contributed by atoms with Crippen LogP contribution in [0.4, 0.5) is 0 Å². The second-order valence-corrected chi connectivity index (χ2v) is 17.0. The molecule has 0 aromatic heterocycles. The van der Waals surface area contributed by atoms with Gasteiger partial charge in [0, 0.05) is 0 Å². The Labute approximate surface area is 181 Å². The molecule has 2 aliphatic carbocycles. The summed E-state index contributed by atoms with van der Waals surface area (Å²) < 4.78 is 1.89. The summed E-state index contributed by atoms with van der Waals surface area (Å²) >= 11 is -1.76. The molecule has 4 rings (SSSR count). The van der Waals surface area contributed by atoms with Crippen LogP contribution >= 0.6 is 17.0 Å². The molecule has 27 heavy (non-hydrogen) atoms. The molecule has 0 saturated carbocycles. The standard InChI is InChI=1S/2C11H15.C2H4.2ClH.Zr/c2*1-8-6-7-9(2)11-5-3-4-10(8)11;1-2;;;/h2*3-5,8-9H,6-7H2,1-2H3;1H,2H3;2*1H;/q2*-1;;;;+2/p-2. The van der Waals surface area contributed by atoms with Gasteiger partial charge in [-0.15, -0.1) is 0 Å². The van der Waals surface area contributed by atoms with Crippen LogP contribution in [0.5, 0.6) is 0 Å². The molecular formula is C24H34Cl2Zr-2. The fraction of sp³-hybridized carbons (Fsp3) is 0.542. The quantitative estimate of drug-likeness (QED) is 0.329. The van der Waals surface area contributed by atoms with Crippen molar-refractivity contribution < 1.29 is 18.9 Å². The third-order valence-electron chi connectivity index (χ3n) is 6.18. The molecule has 2 aliphatic rings. The summed E-state index contributed by atoms with van der Waals surface area (Å²) in [7, 11) is 10.7. The zero-order valence-electron chi connectivity index (χ0n) is 17.4. The van der Waals surface area contributed by atoms with Crippen molar-refractivity contribution >= 4 is 20.7 Å². The Bertz CT molecular complexity index is 617. The van der Waals surface area contributed by atoms with E-state index in [4.69, 9.17) is 17.0 Å². The summed E-state index contributed by atoms with van der Waals surface area (Å²) in [4.78, 5) is 0. The average Bonchev–Trinajstić information content (AvgIpc) is 3.33. The molecule has 0 spiro atoms. The summed E-state index contributed by atoms with van der Waals surface area (Å²) in [6, 6.07) is 13.5. The van der Waals surface area contributed by atoms with Crippen molar-refractivity contribution in [1.82, 2.24) is 0 Å². The third-order valence-corrected chi connectivity index (χ3v) is 9.83. The van der Waals surface area contributed by atoms with Gasteiger partial charge in [0.15, 0.2) is 0 Å². The van der Waals surface area contributed by atoms with E-state index in [1.165, 1.54) is 25.7 Å². The van der Waals surface area contributed by atoms with E-state index in [-0.39, 0.29) is 0 Å². The Morgan fingerprint density at radius 1 is 0.778 bits per heavy atom. The summed E-state index contributed by atoms with van der Waals surface area (Å²) in [5.41, 5.74) is 6.40. The van der Waals surface area contributed by atoms with Crippen molar-refractivity contribution in [3.05, 3.63) is 58.7 Å². The molecular weight excluding hydrogens is 450 g/mol. The molecule has 3 heteroatoms. The van der Waals surface area contributed by atoms with E-state index < -0.39 is 18.9 Å². The Morgan fingerprint density at radius 3 is 1.41 bits per heavy atom. The van der Waals surface area contributed by atoms with Gasteiger partial charge >= 0.3 is 46.5 Å². The molecule has 0 bridgehead atoms. The van der Waals surface area contributed by atoms with Crippen LogP contribution in [0, 0.1) is 0 Å². The second kappa shape index (κ2) is 11.3. The SMILES string of the molecule is CC1CCC(C)c2[cH-]ccc21.CC1CCC(C)c2[cH-]ccc21.C[CH]=[Zr]([Cl])[Cl]. The second-order valence-electron chi connectivity index (χ2n) is 8.21. The van der Waals surface area contributed by atoms with Gasteiger partial charge in [-0.1, -0.05) is 52.4 Å². The molecule has 0 saturated heterocycles. The number of halogens is 2. The summed E-state index contributed by atoms with van der Waals surface area (Å²) in [6.45, 7) is 11.2. The van der Waals surface area contributed by atoms with Crippen molar-refractivity contribution in [3.8, 4) is 0 Å². The van der Waals surface area contributed by atoms with Gasteiger partial charge in [-0.25, -0.2) is 12.1 Å². The maximum atomic E-state index is 5.37. The van der Waals surface area contributed by atoms with Crippen LogP contribution in [-0.2, 0) is 18.9 Å². The topological polar surface area (TPSA) is 0 Å². The van der Waals surface area contributed by atoms with Gasteiger partial charge in [-0.05, 0) is 24.7 Å². The van der Waals surface area contributed by atoms with Crippen LogP contribution in [0.25, 0.3) is 0 Å². The predicted molar refractivity (Wildman–Crippen MR) is 120 cm³/mol. The summed E-state index contributed by atoms with van der Waals surface area (Å²) in [6.07, 6.45) is 5.49. The van der Waals surface area contributed by atoms with Gasteiger partial charge in [0.05, 0.1) is 0 Å². The fourth-order valence-corrected chi connectivity index (χ4v) is 4.31. The van der Waals surface area contributed by atoms with E-state index in [2.05, 4.69) is 64.1 Å². The van der Waals surface area contributed by atoms with Crippen LogP contribution in [0.15, 0.2) is 36.4 Å². The first kappa shape index (κ1) is 23.3. The van der Waals surface area contributed by atoms with E-state index in [0.717, 1.165) is 23.7 Å². The summed E-state index contributed by atoms with van der Waals surface area (Å²) in [5, 5.41) is 0. The van der Waals surface area contributed by atoms with E-state index >= 15 is 0 Å². The van der Waals surface area contributed by atoms with E-state index in [9.17, 15) is 0 Å². The molecule has 2 aromatic carbocycles. The van der Waals surface area contributed by atoms with Crippen molar-refractivity contribution in [2.45, 2.75) is 84.0 Å². The Balaban J connectivity index is 0.000000157. The first-order valence-electron chi connectivity index (χ1n) is 10.3. The van der Waals surface area contributed by atoms with Gasteiger partial charge in [0.25, 0.3) is 0 Å². The molecule has 0 fully saturated rings. The minimum atomic E-state index is -1.76. The van der Waals surface area contributed by atoms with Crippen LogP contribution in [0.3, 0.4) is 0 Å². The molecule has 0 aliphatic heterocycles. The first-order valence-corrected chi connectivity index (χ1v) is 18.1. The minimum absolute atomic E-state index is 0.802. The van der Waals surface area contributed by atoms with Crippen molar-refractivity contribution in [1.29, 1.82) is 0 Å². The number of hydrogen-bond acceptors (Lipinski definition) is 0. The van der Waals surface area contributed by atoms with Crippen LogP contribution < -0.4 is 0 Å². The zero-order chi connectivity index (χ0) is 20.0. The Morgan fingerprint density at radius 2 is 1.11 bits per heavy atom. The van der Waals surface area contributed by atoms with E-state index in [0.29, 0.717) is 0 Å². The van der Waals surface area contributed by atoms with E-state index in [1.54, 1.807) is 22.3 Å². The number of fused-ring (bicyclic) bond motifs is 2.